The molecule has 0 aliphatic carbocycles. The molecule has 120 valence electrons. The Bertz CT molecular complexity index is 798. The monoisotopic (exact) mass is 361 g/mol. The molecule has 2 aromatic rings. The van der Waals surface area contributed by atoms with Crippen LogP contribution in [0.15, 0.2) is 12.1 Å². The van der Waals surface area contributed by atoms with Crippen molar-refractivity contribution < 1.29 is 13.2 Å². The first-order chi connectivity index (χ1) is 10.4. The van der Waals surface area contributed by atoms with E-state index in [0.29, 0.717) is 37.0 Å². The molecule has 22 heavy (non-hydrogen) atoms. The first-order valence-electron chi connectivity index (χ1n) is 6.73. The van der Waals surface area contributed by atoms with Gasteiger partial charge >= 0.3 is 0 Å². The summed E-state index contributed by atoms with van der Waals surface area (Å²) in [5.74, 6) is 0.691. The van der Waals surface area contributed by atoms with Crippen molar-refractivity contribution in [3.8, 4) is 5.75 Å². The van der Waals surface area contributed by atoms with E-state index >= 15 is 0 Å². The van der Waals surface area contributed by atoms with Crippen LogP contribution in [0.3, 0.4) is 0 Å². The molecule has 9 heteroatoms. The number of hydrogen-bond acceptors (Lipinski definition) is 6. The van der Waals surface area contributed by atoms with E-state index in [1.54, 1.807) is 19.2 Å². The summed E-state index contributed by atoms with van der Waals surface area (Å²) in [6.07, 6.45) is 1.24. The van der Waals surface area contributed by atoms with E-state index in [4.69, 9.17) is 16.3 Å². The second kappa shape index (κ2) is 5.84. The fourth-order valence-corrected chi connectivity index (χ4v) is 4.59. The Morgan fingerprint density at radius 3 is 2.55 bits per heavy atom. The standard InChI is InChI=1S/C13H16ClN3O3S2/c1-20-10-4-3-9(14)12-11(10)15-13(21-12)16-5-7-17(8-6-16)22(2,18)19/h3-4H,5-8H2,1-2H3. The molecular formula is C13H16ClN3O3S2. The summed E-state index contributed by atoms with van der Waals surface area (Å²) in [5, 5.41) is 1.49. The smallest absolute Gasteiger partial charge is 0.211 e. The minimum Gasteiger partial charge on any atom is -0.494 e. The Hall–Kier alpha value is -1.09. The summed E-state index contributed by atoms with van der Waals surface area (Å²) in [4.78, 5) is 6.71. The number of aromatic nitrogens is 1. The SMILES string of the molecule is COc1ccc(Cl)c2sc(N3CCN(S(C)(=O)=O)CC3)nc12. The summed E-state index contributed by atoms with van der Waals surface area (Å²) in [6.45, 7) is 2.18. The van der Waals surface area contributed by atoms with Gasteiger partial charge in [0.15, 0.2) is 5.13 Å². The van der Waals surface area contributed by atoms with Gasteiger partial charge in [-0.15, -0.1) is 0 Å². The van der Waals surface area contributed by atoms with Crippen LogP contribution in [0.2, 0.25) is 5.02 Å². The number of methoxy groups -OCH3 is 1. The third-order valence-corrected chi connectivity index (χ3v) is 6.52. The van der Waals surface area contributed by atoms with Gasteiger partial charge in [-0.1, -0.05) is 22.9 Å². The number of hydrogen-bond donors (Lipinski definition) is 0. The fourth-order valence-electron chi connectivity index (χ4n) is 2.45. The van der Waals surface area contributed by atoms with Crippen LogP contribution in [0.1, 0.15) is 0 Å². The van der Waals surface area contributed by atoms with Gasteiger partial charge in [-0.25, -0.2) is 13.4 Å². The highest BCUT2D eigenvalue weighted by Crippen LogP contribution is 2.38. The van der Waals surface area contributed by atoms with Crippen molar-refractivity contribution in [2.45, 2.75) is 0 Å². The molecule has 1 aliphatic heterocycles. The molecule has 1 aromatic carbocycles. The molecular weight excluding hydrogens is 346 g/mol. The van der Waals surface area contributed by atoms with E-state index < -0.39 is 10.0 Å². The van der Waals surface area contributed by atoms with Gasteiger partial charge in [-0.05, 0) is 12.1 Å². The molecule has 0 radical (unpaired) electrons. The summed E-state index contributed by atoms with van der Waals surface area (Å²) in [6, 6.07) is 3.60. The number of ether oxygens (including phenoxy) is 1. The van der Waals surface area contributed by atoms with Crippen molar-refractivity contribution in [3.05, 3.63) is 17.2 Å². The molecule has 0 saturated carbocycles. The van der Waals surface area contributed by atoms with Gasteiger partial charge in [0.05, 0.1) is 23.1 Å². The molecule has 0 atom stereocenters. The van der Waals surface area contributed by atoms with Crippen molar-refractivity contribution in [1.82, 2.24) is 9.29 Å². The summed E-state index contributed by atoms with van der Waals surface area (Å²) in [5.41, 5.74) is 0.751. The average molecular weight is 362 g/mol. The number of anilines is 1. The Morgan fingerprint density at radius 2 is 1.95 bits per heavy atom. The van der Waals surface area contributed by atoms with Crippen LogP contribution in [-0.4, -0.2) is 57.3 Å². The van der Waals surface area contributed by atoms with E-state index in [-0.39, 0.29) is 0 Å². The molecule has 6 nitrogen and oxygen atoms in total. The zero-order valence-electron chi connectivity index (χ0n) is 12.2. The molecule has 0 N–H and O–H groups in total. The maximum Gasteiger partial charge on any atom is 0.211 e. The Balaban J connectivity index is 1.88. The van der Waals surface area contributed by atoms with E-state index in [1.807, 2.05) is 0 Å². The molecule has 0 unspecified atom stereocenters. The predicted octanol–water partition coefficient (Wildman–Crippen LogP) is 2.04. The average Bonchev–Trinajstić information content (AvgIpc) is 2.93. The lowest BCUT2D eigenvalue weighted by atomic mass is 10.3. The Kier molecular flexibility index (Phi) is 4.19. The maximum atomic E-state index is 11.6. The van der Waals surface area contributed by atoms with E-state index in [2.05, 4.69) is 9.88 Å². The van der Waals surface area contributed by atoms with Crippen molar-refractivity contribution in [2.24, 2.45) is 0 Å². The van der Waals surface area contributed by atoms with Crippen LogP contribution in [0.5, 0.6) is 5.75 Å². The van der Waals surface area contributed by atoms with Crippen LogP contribution in [-0.2, 0) is 10.0 Å². The van der Waals surface area contributed by atoms with Crippen molar-refractivity contribution in [2.75, 3.05) is 44.4 Å². The highest BCUT2D eigenvalue weighted by atomic mass is 35.5. The third-order valence-electron chi connectivity index (χ3n) is 3.65. The Morgan fingerprint density at radius 1 is 1.27 bits per heavy atom. The number of sulfonamides is 1. The van der Waals surface area contributed by atoms with Crippen LogP contribution in [0.25, 0.3) is 10.2 Å². The van der Waals surface area contributed by atoms with Crippen molar-refractivity contribution in [1.29, 1.82) is 0 Å². The maximum absolute atomic E-state index is 11.6. The van der Waals surface area contributed by atoms with Crippen LogP contribution < -0.4 is 9.64 Å². The fraction of sp³-hybridized carbons (Fsp3) is 0.462. The van der Waals surface area contributed by atoms with Gasteiger partial charge in [0.25, 0.3) is 0 Å². The number of benzene rings is 1. The largest absolute Gasteiger partial charge is 0.494 e. The lowest BCUT2D eigenvalue weighted by molar-refractivity contribution is 0.388. The van der Waals surface area contributed by atoms with Gasteiger partial charge in [0, 0.05) is 26.2 Å². The minimum absolute atomic E-state index is 0.472. The number of fused-ring (bicyclic) bond motifs is 1. The van der Waals surface area contributed by atoms with Crippen LogP contribution in [0, 0.1) is 0 Å². The number of thiazole rings is 1. The van der Waals surface area contributed by atoms with Gasteiger partial charge in [0.1, 0.15) is 11.3 Å². The van der Waals surface area contributed by atoms with Gasteiger partial charge in [-0.2, -0.15) is 4.31 Å². The van der Waals surface area contributed by atoms with Gasteiger partial charge in [-0.3, -0.25) is 0 Å². The van der Waals surface area contributed by atoms with Crippen molar-refractivity contribution >= 4 is 48.3 Å². The lowest BCUT2D eigenvalue weighted by Crippen LogP contribution is -2.48. The second-order valence-corrected chi connectivity index (χ2v) is 8.44. The molecule has 0 spiro atoms. The normalized spacial score (nSPS) is 17.1. The summed E-state index contributed by atoms with van der Waals surface area (Å²) >= 11 is 7.73. The highest BCUT2D eigenvalue weighted by Gasteiger charge is 2.25. The van der Waals surface area contributed by atoms with E-state index in [0.717, 1.165) is 15.3 Å². The highest BCUT2D eigenvalue weighted by molar-refractivity contribution is 7.88. The molecule has 2 heterocycles. The third kappa shape index (κ3) is 2.88. The quantitative estimate of drug-likeness (QED) is 0.837. The van der Waals surface area contributed by atoms with E-state index in [1.165, 1.54) is 21.9 Å². The first-order valence-corrected chi connectivity index (χ1v) is 9.77. The molecule has 1 aliphatic rings. The second-order valence-electron chi connectivity index (χ2n) is 5.07. The zero-order chi connectivity index (χ0) is 15.9. The predicted molar refractivity (Wildman–Crippen MR) is 89.8 cm³/mol. The molecule has 1 aromatic heterocycles. The van der Waals surface area contributed by atoms with Gasteiger partial charge in [0.2, 0.25) is 10.0 Å². The Labute approximate surface area is 138 Å². The summed E-state index contributed by atoms with van der Waals surface area (Å²) < 4.78 is 30.8. The molecule has 3 rings (SSSR count). The van der Waals surface area contributed by atoms with Crippen LogP contribution >= 0.6 is 22.9 Å². The number of nitrogens with zero attached hydrogens (tertiary/aromatic N) is 3. The molecule has 1 saturated heterocycles. The first kappa shape index (κ1) is 15.8. The summed E-state index contributed by atoms with van der Waals surface area (Å²) in [7, 11) is -1.52. The molecule has 0 amide bonds. The zero-order valence-corrected chi connectivity index (χ0v) is 14.6. The molecule has 1 fully saturated rings. The topological polar surface area (TPSA) is 62.7 Å². The molecule has 0 bridgehead atoms. The number of halogens is 1. The minimum atomic E-state index is -3.12. The van der Waals surface area contributed by atoms with Gasteiger partial charge < -0.3 is 9.64 Å². The van der Waals surface area contributed by atoms with E-state index in [9.17, 15) is 8.42 Å². The number of rotatable bonds is 3. The van der Waals surface area contributed by atoms with Crippen LogP contribution in [0.4, 0.5) is 5.13 Å². The number of piperazine rings is 1. The van der Waals surface area contributed by atoms with Crippen molar-refractivity contribution in [3.63, 3.8) is 0 Å². The lowest BCUT2D eigenvalue weighted by Gasteiger charge is -2.32.